The van der Waals surface area contributed by atoms with Crippen LogP contribution in [-0.2, 0) is 6.42 Å². The highest BCUT2D eigenvalue weighted by atomic mass is 14.3. The Labute approximate surface area is 87.3 Å². The lowest BCUT2D eigenvalue weighted by atomic mass is 9.76. The van der Waals surface area contributed by atoms with Crippen LogP contribution in [0, 0.1) is 12.8 Å². The van der Waals surface area contributed by atoms with Gasteiger partial charge in [0.05, 0.1) is 0 Å². The van der Waals surface area contributed by atoms with E-state index in [4.69, 9.17) is 0 Å². The molecule has 2 rings (SSSR count). The molecule has 1 aliphatic rings. The lowest BCUT2D eigenvalue weighted by molar-refractivity contribution is 0.433. The molecule has 1 aromatic rings. The van der Waals surface area contributed by atoms with E-state index in [2.05, 4.69) is 39.0 Å². The molecule has 0 heterocycles. The van der Waals surface area contributed by atoms with Gasteiger partial charge < -0.3 is 0 Å². The standard InChI is InChI=1S/C14H20/c1-10(2)12-7-5-8-13-11(3)6-4-9-14(12)13/h4,6,9-10,12H,5,7-8H2,1-3H3. The van der Waals surface area contributed by atoms with Crippen LogP contribution in [0.5, 0.6) is 0 Å². The fourth-order valence-corrected chi connectivity index (χ4v) is 2.76. The molecule has 0 aliphatic heterocycles. The van der Waals surface area contributed by atoms with Crippen LogP contribution in [0.4, 0.5) is 0 Å². The largest absolute Gasteiger partial charge is 0.0622 e. The Bertz CT molecular complexity index is 323. The number of benzene rings is 1. The van der Waals surface area contributed by atoms with Gasteiger partial charge >= 0.3 is 0 Å². The maximum Gasteiger partial charge on any atom is -0.0136 e. The number of aryl methyl sites for hydroxylation is 1. The molecule has 76 valence electrons. The average molecular weight is 188 g/mol. The normalized spacial score (nSPS) is 21.0. The van der Waals surface area contributed by atoms with E-state index in [0.717, 1.165) is 11.8 Å². The predicted molar refractivity (Wildman–Crippen MR) is 61.7 cm³/mol. The smallest absolute Gasteiger partial charge is 0.0136 e. The van der Waals surface area contributed by atoms with Gasteiger partial charge in [0, 0.05) is 0 Å². The van der Waals surface area contributed by atoms with Crippen LogP contribution in [0.3, 0.4) is 0 Å². The van der Waals surface area contributed by atoms with E-state index >= 15 is 0 Å². The highest BCUT2D eigenvalue weighted by Crippen LogP contribution is 2.37. The fraction of sp³-hybridized carbons (Fsp3) is 0.571. The second-order valence-electron chi connectivity index (χ2n) is 4.89. The zero-order valence-corrected chi connectivity index (χ0v) is 9.51. The minimum absolute atomic E-state index is 0.788. The third-order valence-corrected chi connectivity index (χ3v) is 3.59. The molecular formula is C14H20. The Balaban J connectivity index is 2.44. The van der Waals surface area contributed by atoms with Crippen molar-refractivity contribution in [2.75, 3.05) is 0 Å². The molecule has 0 saturated heterocycles. The fourth-order valence-electron chi connectivity index (χ4n) is 2.76. The van der Waals surface area contributed by atoms with Gasteiger partial charge in [0.2, 0.25) is 0 Å². The van der Waals surface area contributed by atoms with Crippen molar-refractivity contribution in [3.63, 3.8) is 0 Å². The molecule has 0 nitrogen and oxygen atoms in total. The van der Waals surface area contributed by atoms with Crippen molar-refractivity contribution >= 4 is 0 Å². The van der Waals surface area contributed by atoms with Gasteiger partial charge in [-0.3, -0.25) is 0 Å². The van der Waals surface area contributed by atoms with Crippen LogP contribution in [0.15, 0.2) is 18.2 Å². The first-order chi connectivity index (χ1) is 6.70. The molecule has 0 spiro atoms. The Hall–Kier alpha value is -0.780. The topological polar surface area (TPSA) is 0 Å². The zero-order valence-electron chi connectivity index (χ0n) is 9.51. The van der Waals surface area contributed by atoms with Crippen LogP contribution >= 0.6 is 0 Å². The molecule has 1 unspecified atom stereocenters. The first-order valence-corrected chi connectivity index (χ1v) is 5.78. The second-order valence-corrected chi connectivity index (χ2v) is 4.89. The lowest BCUT2D eigenvalue weighted by Gasteiger charge is -2.29. The summed E-state index contributed by atoms with van der Waals surface area (Å²) in [4.78, 5) is 0. The van der Waals surface area contributed by atoms with Gasteiger partial charge in [0.25, 0.3) is 0 Å². The summed E-state index contributed by atoms with van der Waals surface area (Å²) >= 11 is 0. The summed E-state index contributed by atoms with van der Waals surface area (Å²) in [6, 6.07) is 6.81. The van der Waals surface area contributed by atoms with E-state index in [1.54, 1.807) is 11.1 Å². The quantitative estimate of drug-likeness (QED) is 0.623. The first-order valence-electron chi connectivity index (χ1n) is 5.78. The van der Waals surface area contributed by atoms with E-state index in [1.807, 2.05) is 0 Å². The van der Waals surface area contributed by atoms with Crippen LogP contribution < -0.4 is 0 Å². The molecule has 0 aromatic heterocycles. The van der Waals surface area contributed by atoms with E-state index in [1.165, 1.54) is 24.8 Å². The monoisotopic (exact) mass is 188 g/mol. The van der Waals surface area contributed by atoms with Gasteiger partial charge in [0.15, 0.2) is 0 Å². The number of hydrogen-bond acceptors (Lipinski definition) is 0. The first kappa shape index (κ1) is 9.76. The van der Waals surface area contributed by atoms with E-state index in [-0.39, 0.29) is 0 Å². The lowest BCUT2D eigenvalue weighted by Crippen LogP contribution is -2.15. The number of rotatable bonds is 1. The third kappa shape index (κ3) is 1.58. The molecule has 1 aliphatic carbocycles. The molecule has 0 fully saturated rings. The van der Waals surface area contributed by atoms with Gasteiger partial charge in [0.1, 0.15) is 0 Å². The molecule has 0 radical (unpaired) electrons. The molecule has 1 aromatic carbocycles. The van der Waals surface area contributed by atoms with Crippen molar-refractivity contribution < 1.29 is 0 Å². The summed E-state index contributed by atoms with van der Waals surface area (Å²) in [6.45, 7) is 6.95. The molecular weight excluding hydrogens is 168 g/mol. The molecule has 14 heavy (non-hydrogen) atoms. The summed E-state index contributed by atoms with van der Waals surface area (Å²) in [5.74, 6) is 1.59. The zero-order chi connectivity index (χ0) is 10.1. The van der Waals surface area contributed by atoms with Gasteiger partial charge in [-0.15, -0.1) is 0 Å². The van der Waals surface area contributed by atoms with Crippen molar-refractivity contribution in [2.45, 2.75) is 46.0 Å². The Morgan fingerprint density at radius 2 is 2.07 bits per heavy atom. The summed E-state index contributed by atoms with van der Waals surface area (Å²) in [6.07, 6.45) is 4.06. The SMILES string of the molecule is Cc1cccc2c1CCCC2C(C)C. The molecule has 1 atom stereocenters. The minimum atomic E-state index is 0.788. The van der Waals surface area contributed by atoms with Crippen molar-refractivity contribution in [1.29, 1.82) is 0 Å². The Kier molecular flexibility index (Phi) is 2.62. The van der Waals surface area contributed by atoms with Crippen LogP contribution in [0.1, 0.15) is 49.3 Å². The summed E-state index contributed by atoms with van der Waals surface area (Å²) in [5.41, 5.74) is 4.76. The Morgan fingerprint density at radius 1 is 1.29 bits per heavy atom. The van der Waals surface area contributed by atoms with Crippen LogP contribution in [0.25, 0.3) is 0 Å². The predicted octanol–water partition coefficient (Wildman–Crippen LogP) is 4.07. The summed E-state index contributed by atoms with van der Waals surface area (Å²) < 4.78 is 0. The minimum Gasteiger partial charge on any atom is -0.0622 e. The highest BCUT2D eigenvalue weighted by Gasteiger charge is 2.23. The highest BCUT2D eigenvalue weighted by molar-refractivity contribution is 5.38. The average Bonchev–Trinajstić information content (AvgIpc) is 2.17. The van der Waals surface area contributed by atoms with E-state index in [9.17, 15) is 0 Å². The van der Waals surface area contributed by atoms with Crippen molar-refractivity contribution in [1.82, 2.24) is 0 Å². The molecule has 0 amide bonds. The van der Waals surface area contributed by atoms with Gasteiger partial charge in [-0.05, 0) is 54.7 Å². The van der Waals surface area contributed by atoms with Crippen LogP contribution in [-0.4, -0.2) is 0 Å². The van der Waals surface area contributed by atoms with Gasteiger partial charge in [-0.25, -0.2) is 0 Å². The summed E-state index contributed by atoms with van der Waals surface area (Å²) in [7, 11) is 0. The third-order valence-electron chi connectivity index (χ3n) is 3.59. The van der Waals surface area contributed by atoms with E-state index in [0.29, 0.717) is 0 Å². The maximum absolute atomic E-state index is 2.35. The maximum atomic E-state index is 2.35. The number of fused-ring (bicyclic) bond motifs is 1. The van der Waals surface area contributed by atoms with Crippen molar-refractivity contribution in [3.8, 4) is 0 Å². The van der Waals surface area contributed by atoms with Crippen molar-refractivity contribution in [2.24, 2.45) is 5.92 Å². The van der Waals surface area contributed by atoms with Crippen molar-refractivity contribution in [3.05, 3.63) is 34.9 Å². The Morgan fingerprint density at radius 3 is 2.79 bits per heavy atom. The molecule has 0 N–H and O–H groups in total. The molecule has 0 bridgehead atoms. The molecule has 0 saturated carbocycles. The second kappa shape index (κ2) is 3.76. The summed E-state index contributed by atoms with van der Waals surface area (Å²) in [5, 5.41) is 0. The molecule has 0 heteroatoms. The van der Waals surface area contributed by atoms with Crippen LogP contribution in [0.2, 0.25) is 0 Å². The van der Waals surface area contributed by atoms with E-state index < -0.39 is 0 Å². The number of hydrogen-bond donors (Lipinski definition) is 0. The van der Waals surface area contributed by atoms with Gasteiger partial charge in [-0.2, -0.15) is 0 Å². The van der Waals surface area contributed by atoms with Gasteiger partial charge in [-0.1, -0.05) is 32.0 Å².